The number of likely N-dealkylation sites (tertiary alicyclic amines) is 1. The van der Waals surface area contributed by atoms with Crippen molar-refractivity contribution in [3.8, 4) is 0 Å². The number of esters is 1. The van der Waals surface area contributed by atoms with Crippen LogP contribution in [0.4, 0.5) is 4.79 Å². The van der Waals surface area contributed by atoms with E-state index in [1.54, 1.807) is 6.92 Å². The van der Waals surface area contributed by atoms with E-state index < -0.39 is 0 Å². The van der Waals surface area contributed by atoms with Crippen molar-refractivity contribution >= 4 is 17.9 Å². The van der Waals surface area contributed by atoms with Gasteiger partial charge in [0.15, 0.2) is 6.54 Å². The molecule has 7 nitrogen and oxygen atoms in total. The monoisotopic (exact) mass is 326 g/mol. The molecule has 2 fully saturated rings. The van der Waals surface area contributed by atoms with Crippen LogP contribution in [0.1, 0.15) is 45.4 Å². The van der Waals surface area contributed by atoms with Crippen LogP contribution in [0.3, 0.4) is 0 Å². The van der Waals surface area contributed by atoms with Gasteiger partial charge in [0.25, 0.3) is 5.91 Å². The second-order valence-electron chi connectivity index (χ2n) is 6.46. The molecule has 0 unspecified atom stereocenters. The van der Waals surface area contributed by atoms with E-state index >= 15 is 0 Å². The fourth-order valence-corrected chi connectivity index (χ4v) is 3.39. The highest BCUT2D eigenvalue weighted by atomic mass is 16.5. The number of ether oxygens (including phenoxy) is 1. The molecule has 0 atom stereocenters. The molecule has 0 aromatic rings. The average molecular weight is 326 g/mol. The predicted octanol–water partition coefficient (Wildman–Crippen LogP) is -0.387. The topological polar surface area (TPSA) is 88.9 Å². The van der Waals surface area contributed by atoms with Gasteiger partial charge in [-0.1, -0.05) is 12.8 Å². The maximum Gasteiger partial charge on any atom is 0.321 e. The van der Waals surface area contributed by atoms with E-state index in [0.717, 1.165) is 56.5 Å². The van der Waals surface area contributed by atoms with Crippen molar-refractivity contribution in [3.63, 3.8) is 0 Å². The summed E-state index contributed by atoms with van der Waals surface area (Å²) in [5, 5.41) is 5.25. The summed E-state index contributed by atoms with van der Waals surface area (Å²) >= 11 is 0. The number of carbonyl (C=O) groups is 3. The highest BCUT2D eigenvalue weighted by Crippen LogP contribution is 2.17. The van der Waals surface area contributed by atoms with Gasteiger partial charge in [0, 0.05) is 18.9 Å². The summed E-state index contributed by atoms with van der Waals surface area (Å²) < 4.78 is 5.03. The molecule has 1 saturated heterocycles. The fraction of sp³-hybridized carbons (Fsp3) is 0.812. The first-order chi connectivity index (χ1) is 11.1. The van der Waals surface area contributed by atoms with Crippen LogP contribution in [0.25, 0.3) is 0 Å². The minimum Gasteiger partial charge on any atom is -0.466 e. The molecule has 1 heterocycles. The van der Waals surface area contributed by atoms with Crippen molar-refractivity contribution in [2.24, 2.45) is 5.92 Å². The summed E-state index contributed by atoms with van der Waals surface area (Å²) in [5.74, 6) is -0.440. The van der Waals surface area contributed by atoms with Gasteiger partial charge in [-0.2, -0.15) is 0 Å². The molecule has 3 amide bonds. The maximum absolute atomic E-state index is 11.9. The Labute approximate surface area is 137 Å². The highest BCUT2D eigenvalue weighted by Gasteiger charge is 2.29. The number of nitrogens with one attached hydrogen (secondary N) is 3. The molecule has 1 saturated carbocycles. The van der Waals surface area contributed by atoms with E-state index in [1.807, 2.05) is 0 Å². The predicted molar refractivity (Wildman–Crippen MR) is 83.9 cm³/mol. The van der Waals surface area contributed by atoms with E-state index in [1.165, 1.54) is 0 Å². The van der Waals surface area contributed by atoms with Crippen LogP contribution in [-0.2, 0) is 14.3 Å². The number of hydrogen-bond acceptors (Lipinski definition) is 4. The highest BCUT2D eigenvalue weighted by molar-refractivity contribution is 5.94. The summed E-state index contributed by atoms with van der Waals surface area (Å²) in [7, 11) is 0. The lowest BCUT2D eigenvalue weighted by Crippen LogP contribution is -3.14. The summed E-state index contributed by atoms with van der Waals surface area (Å²) in [6, 6.07) is -0.182. The van der Waals surface area contributed by atoms with Crippen LogP contribution in [0.5, 0.6) is 0 Å². The van der Waals surface area contributed by atoms with E-state index in [-0.39, 0.29) is 36.4 Å². The first-order valence-electron chi connectivity index (χ1n) is 8.69. The first kappa shape index (κ1) is 17.7. The van der Waals surface area contributed by atoms with Gasteiger partial charge in [-0.25, -0.2) is 4.79 Å². The Hall–Kier alpha value is -1.63. The molecule has 1 aliphatic carbocycles. The molecule has 3 N–H and O–H groups in total. The van der Waals surface area contributed by atoms with E-state index in [0.29, 0.717) is 6.61 Å². The van der Waals surface area contributed by atoms with Gasteiger partial charge >= 0.3 is 12.0 Å². The Morgan fingerprint density at radius 2 is 1.74 bits per heavy atom. The molecule has 23 heavy (non-hydrogen) atoms. The number of imide groups is 1. The molecular weight excluding hydrogens is 298 g/mol. The van der Waals surface area contributed by atoms with Crippen LogP contribution in [-0.4, -0.2) is 50.2 Å². The SMILES string of the molecule is CCOC(=O)C1CC[NH+](CC(=O)NC(=O)NC2CCCC2)CC1. The van der Waals surface area contributed by atoms with Crippen molar-refractivity contribution < 1.29 is 24.0 Å². The maximum atomic E-state index is 11.9. The number of quaternary nitrogens is 1. The van der Waals surface area contributed by atoms with Gasteiger partial charge in [0.1, 0.15) is 0 Å². The molecule has 130 valence electrons. The van der Waals surface area contributed by atoms with Crippen LogP contribution in [0, 0.1) is 5.92 Å². The normalized spacial score (nSPS) is 24.9. The number of hydrogen-bond donors (Lipinski definition) is 3. The molecule has 0 aromatic heterocycles. The molecule has 7 heteroatoms. The van der Waals surface area contributed by atoms with Crippen molar-refractivity contribution in [3.05, 3.63) is 0 Å². The zero-order valence-electron chi connectivity index (χ0n) is 13.9. The Bertz CT molecular complexity index is 427. The third-order valence-electron chi connectivity index (χ3n) is 4.67. The number of piperidine rings is 1. The van der Waals surface area contributed by atoms with Gasteiger partial charge in [0.2, 0.25) is 0 Å². The Morgan fingerprint density at radius 1 is 1.09 bits per heavy atom. The Kier molecular flexibility index (Phi) is 6.83. The minimum atomic E-state index is -0.386. The second kappa shape index (κ2) is 8.86. The van der Waals surface area contributed by atoms with E-state index in [9.17, 15) is 14.4 Å². The molecule has 0 spiro atoms. The van der Waals surface area contributed by atoms with Gasteiger partial charge in [-0.15, -0.1) is 0 Å². The smallest absolute Gasteiger partial charge is 0.321 e. The molecule has 0 radical (unpaired) electrons. The first-order valence-corrected chi connectivity index (χ1v) is 8.69. The number of amides is 3. The van der Waals surface area contributed by atoms with Gasteiger partial charge in [-0.05, 0) is 19.8 Å². The zero-order chi connectivity index (χ0) is 16.7. The van der Waals surface area contributed by atoms with Crippen LogP contribution >= 0.6 is 0 Å². The van der Waals surface area contributed by atoms with E-state index in [4.69, 9.17) is 4.74 Å². The summed E-state index contributed by atoms with van der Waals surface area (Å²) in [5.41, 5.74) is 0. The third kappa shape index (κ3) is 5.82. The lowest BCUT2D eigenvalue weighted by atomic mass is 9.97. The Balaban J connectivity index is 1.64. The van der Waals surface area contributed by atoms with Crippen LogP contribution in [0.15, 0.2) is 0 Å². The lowest BCUT2D eigenvalue weighted by Gasteiger charge is -2.27. The largest absolute Gasteiger partial charge is 0.466 e. The molecule has 2 aliphatic rings. The number of urea groups is 1. The fourth-order valence-electron chi connectivity index (χ4n) is 3.39. The number of rotatable bonds is 5. The molecule has 0 bridgehead atoms. The second-order valence-corrected chi connectivity index (χ2v) is 6.46. The van der Waals surface area contributed by atoms with Crippen molar-refractivity contribution in [1.82, 2.24) is 10.6 Å². The Morgan fingerprint density at radius 3 is 2.35 bits per heavy atom. The van der Waals surface area contributed by atoms with Crippen molar-refractivity contribution in [2.75, 3.05) is 26.2 Å². The standard InChI is InChI=1S/C16H27N3O4/c1-2-23-15(21)12-7-9-19(10-8-12)11-14(20)18-16(22)17-13-5-3-4-6-13/h12-13H,2-11H2,1H3,(H2,17,18,20,22)/p+1. The minimum absolute atomic E-state index is 0.0487. The summed E-state index contributed by atoms with van der Waals surface area (Å²) in [6.07, 6.45) is 5.73. The van der Waals surface area contributed by atoms with Crippen LogP contribution < -0.4 is 15.5 Å². The zero-order valence-corrected chi connectivity index (χ0v) is 13.9. The molecule has 0 aromatic carbocycles. The summed E-state index contributed by atoms with van der Waals surface area (Å²) in [4.78, 5) is 36.5. The molecular formula is C16H28N3O4+. The van der Waals surface area contributed by atoms with Gasteiger partial charge < -0.3 is 15.0 Å². The third-order valence-corrected chi connectivity index (χ3v) is 4.67. The quantitative estimate of drug-likeness (QED) is 0.601. The van der Waals surface area contributed by atoms with Gasteiger partial charge in [0.05, 0.1) is 25.6 Å². The van der Waals surface area contributed by atoms with E-state index in [2.05, 4.69) is 10.6 Å². The lowest BCUT2D eigenvalue weighted by molar-refractivity contribution is -0.897. The molecule has 2 rings (SSSR count). The summed E-state index contributed by atoms with van der Waals surface area (Å²) in [6.45, 7) is 3.99. The van der Waals surface area contributed by atoms with Gasteiger partial charge in [-0.3, -0.25) is 14.9 Å². The van der Waals surface area contributed by atoms with Crippen molar-refractivity contribution in [1.29, 1.82) is 0 Å². The molecule has 1 aliphatic heterocycles. The van der Waals surface area contributed by atoms with Crippen molar-refractivity contribution in [2.45, 2.75) is 51.5 Å². The van der Waals surface area contributed by atoms with Crippen LogP contribution in [0.2, 0.25) is 0 Å². The average Bonchev–Trinajstić information content (AvgIpc) is 3.00. The number of carbonyl (C=O) groups excluding carboxylic acids is 3.